The lowest BCUT2D eigenvalue weighted by atomic mass is 10.1. The minimum atomic E-state index is 0.219. The van der Waals surface area contributed by atoms with Crippen LogP contribution >= 0.6 is 0 Å². The molecule has 0 saturated carbocycles. The number of benzene rings is 2. The summed E-state index contributed by atoms with van der Waals surface area (Å²) in [4.78, 5) is 0. The van der Waals surface area contributed by atoms with Crippen molar-refractivity contribution in [3.8, 4) is 11.5 Å². The molecular formula is C17H20N2O2. The lowest BCUT2D eigenvalue weighted by Crippen LogP contribution is -2.06. The standard InChI is InChI=1S/C17H20N2O2/c1-3-13(2)12-21-17-10-6-15(7-11-17)19-18-14-4-8-16(20)9-5-14/h4-11,13,20H,3,12H2,1-2H3. The molecule has 21 heavy (non-hydrogen) atoms. The van der Waals surface area contributed by atoms with Crippen LogP contribution in [0.2, 0.25) is 0 Å². The maximum Gasteiger partial charge on any atom is 0.119 e. The second kappa shape index (κ2) is 7.43. The third kappa shape index (κ3) is 4.91. The molecule has 2 rings (SSSR count). The summed E-state index contributed by atoms with van der Waals surface area (Å²) in [5, 5.41) is 17.4. The number of azo groups is 1. The van der Waals surface area contributed by atoms with Crippen LogP contribution in [-0.2, 0) is 0 Å². The molecule has 2 aromatic carbocycles. The molecule has 2 aromatic rings. The van der Waals surface area contributed by atoms with Gasteiger partial charge in [0.15, 0.2) is 0 Å². The van der Waals surface area contributed by atoms with Crippen molar-refractivity contribution >= 4 is 11.4 Å². The molecular weight excluding hydrogens is 264 g/mol. The highest BCUT2D eigenvalue weighted by atomic mass is 16.5. The van der Waals surface area contributed by atoms with Gasteiger partial charge in [-0.1, -0.05) is 20.3 Å². The number of hydrogen-bond acceptors (Lipinski definition) is 4. The van der Waals surface area contributed by atoms with Crippen molar-refractivity contribution in [2.75, 3.05) is 6.61 Å². The van der Waals surface area contributed by atoms with E-state index < -0.39 is 0 Å². The first-order valence-electron chi connectivity index (χ1n) is 7.11. The van der Waals surface area contributed by atoms with Crippen LogP contribution in [0, 0.1) is 5.92 Å². The molecule has 1 unspecified atom stereocenters. The summed E-state index contributed by atoms with van der Waals surface area (Å²) >= 11 is 0. The Morgan fingerprint density at radius 2 is 1.48 bits per heavy atom. The summed E-state index contributed by atoms with van der Waals surface area (Å²) in [5.74, 6) is 1.62. The van der Waals surface area contributed by atoms with Crippen molar-refractivity contribution in [2.24, 2.45) is 16.1 Å². The molecule has 0 aliphatic heterocycles. The average Bonchev–Trinajstić information content (AvgIpc) is 2.53. The second-order valence-electron chi connectivity index (χ2n) is 5.03. The number of phenols is 1. The predicted molar refractivity (Wildman–Crippen MR) is 83.7 cm³/mol. The van der Waals surface area contributed by atoms with E-state index in [0.29, 0.717) is 11.6 Å². The smallest absolute Gasteiger partial charge is 0.119 e. The Morgan fingerprint density at radius 3 is 2.00 bits per heavy atom. The molecule has 0 fully saturated rings. The van der Waals surface area contributed by atoms with Crippen LogP contribution in [0.3, 0.4) is 0 Å². The van der Waals surface area contributed by atoms with Crippen molar-refractivity contribution in [2.45, 2.75) is 20.3 Å². The van der Waals surface area contributed by atoms with Crippen LogP contribution in [0.1, 0.15) is 20.3 Å². The maximum absolute atomic E-state index is 9.19. The number of phenolic OH excluding ortho intramolecular Hbond substituents is 1. The van der Waals surface area contributed by atoms with E-state index in [9.17, 15) is 5.11 Å². The van der Waals surface area contributed by atoms with Gasteiger partial charge in [-0.3, -0.25) is 0 Å². The fourth-order valence-electron chi connectivity index (χ4n) is 1.60. The topological polar surface area (TPSA) is 54.2 Å². The van der Waals surface area contributed by atoms with E-state index >= 15 is 0 Å². The zero-order valence-electron chi connectivity index (χ0n) is 12.4. The van der Waals surface area contributed by atoms with Crippen LogP contribution in [0.15, 0.2) is 58.8 Å². The van der Waals surface area contributed by atoms with Crippen LogP contribution in [0.5, 0.6) is 11.5 Å². The molecule has 0 bridgehead atoms. The van der Waals surface area contributed by atoms with Crippen molar-refractivity contribution in [1.82, 2.24) is 0 Å². The Morgan fingerprint density at radius 1 is 0.952 bits per heavy atom. The Labute approximate surface area is 125 Å². The summed E-state index contributed by atoms with van der Waals surface area (Å²) in [6.45, 7) is 5.05. The zero-order chi connectivity index (χ0) is 15.1. The SMILES string of the molecule is CCC(C)COc1ccc(N=Nc2ccc(O)cc2)cc1. The summed E-state index contributed by atoms with van der Waals surface area (Å²) in [7, 11) is 0. The molecule has 0 radical (unpaired) electrons. The van der Waals surface area contributed by atoms with Gasteiger partial charge in [-0.25, -0.2) is 0 Å². The lowest BCUT2D eigenvalue weighted by molar-refractivity contribution is 0.256. The summed E-state index contributed by atoms with van der Waals surface area (Å²) in [5.41, 5.74) is 1.46. The molecule has 0 aromatic heterocycles. The fourth-order valence-corrected chi connectivity index (χ4v) is 1.60. The van der Waals surface area contributed by atoms with E-state index in [2.05, 4.69) is 24.1 Å². The van der Waals surface area contributed by atoms with E-state index in [-0.39, 0.29) is 5.75 Å². The maximum atomic E-state index is 9.19. The number of aromatic hydroxyl groups is 1. The van der Waals surface area contributed by atoms with Crippen LogP contribution in [-0.4, -0.2) is 11.7 Å². The van der Waals surface area contributed by atoms with E-state index in [0.717, 1.165) is 24.5 Å². The van der Waals surface area contributed by atoms with Gasteiger partial charge in [-0.15, -0.1) is 0 Å². The number of nitrogens with zero attached hydrogens (tertiary/aromatic N) is 2. The zero-order valence-corrected chi connectivity index (χ0v) is 12.4. The quantitative estimate of drug-likeness (QED) is 0.738. The van der Waals surface area contributed by atoms with Crippen molar-refractivity contribution in [1.29, 1.82) is 0 Å². The van der Waals surface area contributed by atoms with Gasteiger partial charge in [0.05, 0.1) is 18.0 Å². The van der Waals surface area contributed by atoms with Crippen molar-refractivity contribution in [3.63, 3.8) is 0 Å². The van der Waals surface area contributed by atoms with Gasteiger partial charge < -0.3 is 9.84 Å². The first-order chi connectivity index (χ1) is 10.2. The van der Waals surface area contributed by atoms with Crippen LogP contribution in [0.4, 0.5) is 11.4 Å². The van der Waals surface area contributed by atoms with Gasteiger partial charge in [0.2, 0.25) is 0 Å². The molecule has 0 aliphatic carbocycles. The van der Waals surface area contributed by atoms with Gasteiger partial charge in [-0.2, -0.15) is 10.2 Å². The lowest BCUT2D eigenvalue weighted by Gasteiger charge is -2.10. The van der Waals surface area contributed by atoms with Gasteiger partial charge in [-0.05, 0) is 54.4 Å². The monoisotopic (exact) mass is 284 g/mol. The third-order valence-corrected chi connectivity index (χ3v) is 3.20. The predicted octanol–water partition coefficient (Wildman–Crippen LogP) is 5.23. The summed E-state index contributed by atoms with van der Waals surface area (Å²) in [6, 6.07) is 14.1. The van der Waals surface area contributed by atoms with Gasteiger partial charge >= 0.3 is 0 Å². The largest absolute Gasteiger partial charge is 0.508 e. The van der Waals surface area contributed by atoms with Gasteiger partial charge in [0.25, 0.3) is 0 Å². The number of hydrogen-bond donors (Lipinski definition) is 1. The molecule has 4 nitrogen and oxygen atoms in total. The Hall–Kier alpha value is -2.36. The summed E-state index contributed by atoms with van der Waals surface area (Å²) in [6.07, 6.45) is 1.11. The van der Waals surface area contributed by atoms with Crippen molar-refractivity contribution in [3.05, 3.63) is 48.5 Å². The van der Waals surface area contributed by atoms with Crippen LogP contribution in [0.25, 0.3) is 0 Å². The minimum Gasteiger partial charge on any atom is -0.508 e. The van der Waals surface area contributed by atoms with Gasteiger partial charge in [0.1, 0.15) is 11.5 Å². The molecule has 0 saturated heterocycles. The second-order valence-corrected chi connectivity index (χ2v) is 5.03. The molecule has 0 heterocycles. The van der Waals surface area contributed by atoms with Crippen LogP contribution < -0.4 is 4.74 Å². The molecule has 4 heteroatoms. The highest BCUT2D eigenvalue weighted by Crippen LogP contribution is 2.22. The Balaban J connectivity index is 1.94. The van der Waals surface area contributed by atoms with Gasteiger partial charge in [0, 0.05) is 0 Å². The number of rotatable bonds is 6. The normalized spacial score (nSPS) is 12.5. The van der Waals surface area contributed by atoms with E-state index in [1.165, 1.54) is 0 Å². The third-order valence-electron chi connectivity index (χ3n) is 3.20. The Kier molecular flexibility index (Phi) is 5.32. The highest BCUT2D eigenvalue weighted by molar-refractivity contribution is 5.43. The first-order valence-corrected chi connectivity index (χ1v) is 7.11. The molecule has 0 spiro atoms. The molecule has 110 valence electrons. The number of ether oxygens (including phenoxy) is 1. The molecule has 0 aliphatic rings. The summed E-state index contributed by atoms with van der Waals surface area (Å²) < 4.78 is 5.69. The highest BCUT2D eigenvalue weighted by Gasteiger charge is 2.00. The first kappa shape index (κ1) is 15.0. The molecule has 1 N–H and O–H groups in total. The van der Waals surface area contributed by atoms with Crippen molar-refractivity contribution < 1.29 is 9.84 Å². The molecule has 1 atom stereocenters. The average molecular weight is 284 g/mol. The molecule has 0 amide bonds. The minimum absolute atomic E-state index is 0.219. The Bertz CT molecular complexity index is 577. The van der Waals surface area contributed by atoms with E-state index in [1.54, 1.807) is 24.3 Å². The van der Waals surface area contributed by atoms with E-state index in [4.69, 9.17) is 4.74 Å². The van der Waals surface area contributed by atoms with E-state index in [1.807, 2.05) is 24.3 Å². The fraction of sp³-hybridized carbons (Fsp3) is 0.294.